The lowest BCUT2D eigenvalue weighted by atomic mass is 10.0. The summed E-state index contributed by atoms with van der Waals surface area (Å²) < 4.78 is 30.2. The molecule has 0 spiro atoms. The molecule has 0 aliphatic carbocycles. The van der Waals surface area contributed by atoms with Crippen LogP contribution in [0, 0.1) is 12.8 Å². The van der Waals surface area contributed by atoms with Gasteiger partial charge < -0.3 is 10.6 Å². The van der Waals surface area contributed by atoms with E-state index in [0.717, 1.165) is 23.1 Å². The van der Waals surface area contributed by atoms with Gasteiger partial charge in [-0.25, -0.2) is 0 Å². The van der Waals surface area contributed by atoms with Gasteiger partial charge >= 0.3 is 0 Å². The molecule has 0 saturated carbocycles. The van der Waals surface area contributed by atoms with Crippen LogP contribution in [-0.4, -0.2) is 27.5 Å². The van der Waals surface area contributed by atoms with Crippen LogP contribution in [0.1, 0.15) is 35.3 Å². The fourth-order valence-corrected chi connectivity index (χ4v) is 5.09. The minimum Gasteiger partial charge on any atom is -0.381 e. The molecule has 0 fully saturated rings. The molecule has 0 aromatic heterocycles. The predicted molar refractivity (Wildman–Crippen MR) is 158 cm³/mol. The van der Waals surface area contributed by atoms with E-state index in [9.17, 15) is 13.2 Å². The lowest BCUT2D eigenvalue weighted by molar-refractivity contribution is 0.102. The second-order valence-electron chi connectivity index (χ2n) is 9.89. The van der Waals surface area contributed by atoms with E-state index in [1.807, 2.05) is 79.7 Å². The monoisotopic (exact) mass is 542 g/mol. The minimum absolute atomic E-state index is 0.0681. The van der Waals surface area contributed by atoms with Gasteiger partial charge in [0.25, 0.3) is 16.0 Å². The molecule has 0 bridgehead atoms. The average molecular weight is 543 g/mol. The third-order valence-electron chi connectivity index (χ3n) is 6.20. The quantitative estimate of drug-likeness (QED) is 0.159. The maximum absolute atomic E-state index is 13.1. The van der Waals surface area contributed by atoms with Crippen LogP contribution >= 0.6 is 0 Å². The number of benzene rings is 4. The second kappa shape index (κ2) is 12.7. The first kappa shape index (κ1) is 28.1. The van der Waals surface area contributed by atoms with Crippen molar-refractivity contribution in [3.05, 3.63) is 114 Å². The molecule has 202 valence electrons. The molecular formula is C32H34N2O4S. The number of amides is 1. The van der Waals surface area contributed by atoms with E-state index < -0.39 is 10.1 Å². The lowest BCUT2D eigenvalue weighted by Gasteiger charge is -2.16. The van der Waals surface area contributed by atoms with Crippen LogP contribution in [0.2, 0.25) is 0 Å². The van der Waals surface area contributed by atoms with Crippen LogP contribution in [0.4, 0.5) is 11.4 Å². The molecule has 0 unspecified atom stereocenters. The van der Waals surface area contributed by atoms with Crippen LogP contribution < -0.4 is 10.6 Å². The molecule has 6 nitrogen and oxygen atoms in total. The van der Waals surface area contributed by atoms with Gasteiger partial charge in [0.2, 0.25) is 0 Å². The van der Waals surface area contributed by atoms with E-state index in [1.165, 1.54) is 17.7 Å². The van der Waals surface area contributed by atoms with Gasteiger partial charge in [-0.1, -0.05) is 80.1 Å². The van der Waals surface area contributed by atoms with E-state index in [4.69, 9.17) is 4.18 Å². The highest BCUT2D eigenvalue weighted by Crippen LogP contribution is 2.30. The number of hydrogen-bond donors (Lipinski definition) is 2. The van der Waals surface area contributed by atoms with Crippen molar-refractivity contribution in [1.29, 1.82) is 0 Å². The first-order chi connectivity index (χ1) is 18.7. The third-order valence-corrected chi connectivity index (χ3v) is 7.53. The number of aryl methyl sites for hydroxylation is 1. The van der Waals surface area contributed by atoms with Crippen molar-refractivity contribution >= 4 is 27.4 Å². The maximum atomic E-state index is 13.1. The second-order valence-corrected chi connectivity index (χ2v) is 11.5. The summed E-state index contributed by atoms with van der Waals surface area (Å²) >= 11 is 0. The Morgan fingerprint density at radius 2 is 1.51 bits per heavy atom. The smallest absolute Gasteiger partial charge is 0.297 e. The topological polar surface area (TPSA) is 84.5 Å². The third kappa shape index (κ3) is 7.78. The average Bonchev–Trinajstić information content (AvgIpc) is 2.92. The van der Waals surface area contributed by atoms with Crippen LogP contribution in [0.3, 0.4) is 0 Å². The highest BCUT2D eigenvalue weighted by Gasteiger charge is 2.15. The Hall–Kier alpha value is -3.94. The highest BCUT2D eigenvalue weighted by atomic mass is 32.2. The largest absolute Gasteiger partial charge is 0.381 e. The first-order valence-corrected chi connectivity index (χ1v) is 14.4. The molecule has 0 atom stereocenters. The Morgan fingerprint density at radius 3 is 2.18 bits per heavy atom. The Morgan fingerprint density at radius 1 is 0.821 bits per heavy atom. The summed E-state index contributed by atoms with van der Waals surface area (Å²) in [4.78, 5) is 13.3. The van der Waals surface area contributed by atoms with Crippen molar-refractivity contribution in [3.8, 4) is 11.1 Å². The van der Waals surface area contributed by atoms with Crippen molar-refractivity contribution in [2.45, 2.75) is 32.1 Å². The Labute approximate surface area is 231 Å². The van der Waals surface area contributed by atoms with E-state index in [1.54, 1.807) is 12.1 Å². The van der Waals surface area contributed by atoms with Crippen molar-refractivity contribution in [2.75, 3.05) is 23.8 Å². The number of carbonyl (C=O) groups excluding carboxylic acids is 1. The summed E-state index contributed by atoms with van der Waals surface area (Å²) in [6.07, 6.45) is 0.955. The van der Waals surface area contributed by atoms with E-state index in [-0.39, 0.29) is 24.0 Å². The Kier molecular flexibility index (Phi) is 9.17. The summed E-state index contributed by atoms with van der Waals surface area (Å²) in [5.74, 6) is 0.312. The molecule has 0 saturated heterocycles. The van der Waals surface area contributed by atoms with Crippen LogP contribution in [0.15, 0.2) is 102 Å². The molecule has 0 aliphatic heterocycles. The number of hydrogen-bond acceptors (Lipinski definition) is 5. The zero-order valence-electron chi connectivity index (χ0n) is 22.5. The van der Waals surface area contributed by atoms with E-state index in [0.29, 0.717) is 22.9 Å². The number of nitrogens with one attached hydrogen (secondary N) is 2. The fourth-order valence-electron chi connectivity index (χ4n) is 4.18. The summed E-state index contributed by atoms with van der Waals surface area (Å²) in [6.45, 7) is 6.38. The molecule has 4 aromatic rings. The molecule has 39 heavy (non-hydrogen) atoms. The van der Waals surface area contributed by atoms with Crippen LogP contribution in [0.25, 0.3) is 11.1 Å². The van der Waals surface area contributed by atoms with Gasteiger partial charge in [0.1, 0.15) is 0 Å². The molecule has 7 heteroatoms. The normalized spacial score (nSPS) is 11.4. The van der Waals surface area contributed by atoms with Gasteiger partial charge in [-0.2, -0.15) is 8.42 Å². The molecule has 0 aliphatic rings. The standard InChI is InChI=1S/C32H34N2O4S/c1-23(2)21-25-11-13-27(14-12-25)32(35)34-31-22-28(26-7-5-4-6-8-26)15-18-30(31)33-19-20-38-39(36,37)29-16-9-24(3)10-17-29/h4-18,22-23,33H,19-21H2,1-3H3,(H,34,35). The molecule has 4 aromatic carbocycles. The van der Waals surface area contributed by atoms with Crippen LogP contribution in [0.5, 0.6) is 0 Å². The van der Waals surface area contributed by atoms with E-state index >= 15 is 0 Å². The molecular weight excluding hydrogens is 508 g/mol. The van der Waals surface area contributed by atoms with Gasteiger partial charge in [-0.3, -0.25) is 8.98 Å². The Balaban J connectivity index is 1.48. The van der Waals surface area contributed by atoms with Gasteiger partial charge in [-0.15, -0.1) is 0 Å². The van der Waals surface area contributed by atoms with Gasteiger partial charge in [0.05, 0.1) is 22.9 Å². The number of rotatable bonds is 11. The number of anilines is 2. The van der Waals surface area contributed by atoms with Crippen molar-refractivity contribution < 1.29 is 17.4 Å². The molecule has 1 amide bonds. The van der Waals surface area contributed by atoms with E-state index in [2.05, 4.69) is 24.5 Å². The number of carbonyl (C=O) groups is 1. The first-order valence-electron chi connectivity index (χ1n) is 13.0. The van der Waals surface area contributed by atoms with Crippen molar-refractivity contribution in [1.82, 2.24) is 0 Å². The molecule has 0 heterocycles. The maximum Gasteiger partial charge on any atom is 0.297 e. The van der Waals surface area contributed by atoms with Gasteiger partial charge in [-0.05, 0) is 72.4 Å². The fraction of sp³-hybridized carbons (Fsp3) is 0.219. The van der Waals surface area contributed by atoms with Gasteiger partial charge in [0.15, 0.2) is 0 Å². The lowest BCUT2D eigenvalue weighted by Crippen LogP contribution is -2.17. The predicted octanol–water partition coefficient (Wildman–Crippen LogP) is 6.93. The van der Waals surface area contributed by atoms with Crippen molar-refractivity contribution in [2.24, 2.45) is 5.92 Å². The highest BCUT2D eigenvalue weighted by molar-refractivity contribution is 7.86. The minimum atomic E-state index is -3.86. The zero-order valence-corrected chi connectivity index (χ0v) is 23.3. The van der Waals surface area contributed by atoms with Gasteiger partial charge in [0, 0.05) is 12.1 Å². The summed E-state index contributed by atoms with van der Waals surface area (Å²) in [5, 5.41) is 6.23. The summed E-state index contributed by atoms with van der Waals surface area (Å²) in [6, 6.07) is 29.8. The molecule has 4 rings (SSSR count). The molecule has 2 N–H and O–H groups in total. The summed E-state index contributed by atoms with van der Waals surface area (Å²) in [5.41, 5.74) is 5.94. The van der Waals surface area contributed by atoms with Crippen LogP contribution in [-0.2, 0) is 20.7 Å². The SMILES string of the molecule is Cc1ccc(S(=O)(=O)OCCNc2ccc(-c3ccccc3)cc2NC(=O)c2ccc(CC(C)C)cc2)cc1. The Bertz CT molecular complexity index is 1500. The zero-order chi connectivity index (χ0) is 27.8. The molecule has 0 radical (unpaired) electrons. The van der Waals surface area contributed by atoms with Crippen molar-refractivity contribution in [3.63, 3.8) is 0 Å². The summed E-state index contributed by atoms with van der Waals surface area (Å²) in [7, 11) is -3.86.